The van der Waals surface area contributed by atoms with Gasteiger partial charge in [-0.05, 0) is 18.9 Å². The zero-order chi connectivity index (χ0) is 18.8. The van der Waals surface area contributed by atoms with Crippen molar-refractivity contribution in [3.05, 3.63) is 32.3 Å². The fourth-order valence-corrected chi connectivity index (χ4v) is 2.45. The monoisotopic (exact) mass is 415 g/mol. The van der Waals surface area contributed by atoms with Crippen molar-refractivity contribution >= 4 is 39.7 Å². The molecule has 25 heavy (non-hydrogen) atoms. The predicted octanol–water partition coefficient (Wildman–Crippen LogP) is 2.94. The van der Waals surface area contributed by atoms with Crippen LogP contribution in [0.2, 0.25) is 0 Å². The number of nitrogens with one attached hydrogen (secondary N) is 1. The Balaban J connectivity index is 2.43. The van der Waals surface area contributed by atoms with Gasteiger partial charge in [0.2, 0.25) is 11.7 Å². The number of hydrogen-bond acceptors (Lipinski definition) is 6. The highest BCUT2D eigenvalue weighted by Gasteiger charge is 2.17. The number of amides is 1. The smallest absolute Gasteiger partial charge is 0.312 e. The summed E-state index contributed by atoms with van der Waals surface area (Å²) in [4.78, 5) is 32.0. The van der Waals surface area contributed by atoms with Crippen LogP contribution in [0.1, 0.15) is 44.1 Å². The van der Waals surface area contributed by atoms with Crippen molar-refractivity contribution < 1.29 is 24.7 Å². The van der Waals surface area contributed by atoms with Gasteiger partial charge in [0, 0.05) is 28.9 Å². The summed E-state index contributed by atoms with van der Waals surface area (Å²) in [7, 11) is 0. The molecule has 0 saturated heterocycles. The third-order valence-electron chi connectivity index (χ3n) is 3.22. The summed E-state index contributed by atoms with van der Waals surface area (Å²) < 4.78 is 0.395. The SMILES string of the molecule is O=C(O)CCCCCCC(=O)N/N=C/c1cc(Br)cc([N+](=O)[O-])c1O. The molecule has 0 fully saturated rings. The lowest BCUT2D eigenvalue weighted by atomic mass is 10.1. The molecule has 0 unspecified atom stereocenters. The number of aliphatic carboxylic acids is 1. The van der Waals surface area contributed by atoms with Crippen LogP contribution in [0.5, 0.6) is 5.75 Å². The summed E-state index contributed by atoms with van der Waals surface area (Å²) in [5, 5.41) is 32.8. The van der Waals surface area contributed by atoms with Gasteiger partial charge in [-0.3, -0.25) is 19.7 Å². The van der Waals surface area contributed by atoms with Gasteiger partial charge in [-0.2, -0.15) is 5.10 Å². The molecule has 1 aromatic rings. The number of halogens is 1. The molecular formula is C15H18BrN3O6. The van der Waals surface area contributed by atoms with E-state index >= 15 is 0 Å². The lowest BCUT2D eigenvalue weighted by molar-refractivity contribution is -0.385. The molecule has 0 saturated carbocycles. The molecule has 0 aromatic heterocycles. The molecule has 0 heterocycles. The number of nitro benzene ring substituents is 1. The first-order valence-electron chi connectivity index (χ1n) is 7.52. The van der Waals surface area contributed by atoms with Crippen LogP contribution < -0.4 is 5.43 Å². The zero-order valence-electron chi connectivity index (χ0n) is 13.3. The Hall–Kier alpha value is -2.49. The van der Waals surface area contributed by atoms with Gasteiger partial charge in [0.1, 0.15) is 0 Å². The highest BCUT2D eigenvalue weighted by atomic mass is 79.9. The molecule has 1 rings (SSSR count). The van der Waals surface area contributed by atoms with E-state index in [2.05, 4.69) is 26.5 Å². The first-order valence-corrected chi connectivity index (χ1v) is 8.31. The molecule has 0 atom stereocenters. The second-order valence-corrected chi connectivity index (χ2v) is 6.14. The highest BCUT2D eigenvalue weighted by Crippen LogP contribution is 2.32. The minimum atomic E-state index is -0.830. The number of phenols is 1. The summed E-state index contributed by atoms with van der Waals surface area (Å²) in [5.41, 5.74) is 1.90. The number of benzene rings is 1. The van der Waals surface area contributed by atoms with E-state index < -0.39 is 22.3 Å². The maximum absolute atomic E-state index is 11.6. The number of carbonyl (C=O) groups is 2. The quantitative estimate of drug-likeness (QED) is 0.232. The molecule has 0 aliphatic heterocycles. The largest absolute Gasteiger partial charge is 0.502 e. The number of carboxylic acids is 1. The van der Waals surface area contributed by atoms with Crippen molar-refractivity contribution in [2.75, 3.05) is 0 Å². The molecule has 0 aliphatic rings. The number of phenolic OH excluding ortho intramolecular Hbond substituents is 1. The van der Waals surface area contributed by atoms with E-state index in [9.17, 15) is 24.8 Å². The molecular weight excluding hydrogens is 398 g/mol. The zero-order valence-corrected chi connectivity index (χ0v) is 14.9. The Morgan fingerprint density at radius 3 is 2.48 bits per heavy atom. The molecule has 1 amide bonds. The van der Waals surface area contributed by atoms with E-state index in [0.717, 1.165) is 25.1 Å². The number of hydrazone groups is 1. The molecule has 1 aromatic carbocycles. The minimum Gasteiger partial charge on any atom is -0.502 e. The molecule has 0 aliphatic carbocycles. The van der Waals surface area contributed by atoms with Crippen LogP contribution in [-0.4, -0.2) is 33.2 Å². The molecule has 9 nitrogen and oxygen atoms in total. The maximum atomic E-state index is 11.6. The summed E-state index contributed by atoms with van der Waals surface area (Å²) >= 11 is 3.10. The summed E-state index contributed by atoms with van der Waals surface area (Å²) in [6.45, 7) is 0. The van der Waals surface area contributed by atoms with Crippen molar-refractivity contribution in [1.82, 2.24) is 5.43 Å². The van der Waals surface area contributed by atoms with Gasteiger partial charge in [0.05, 0.1) is 11.1 Å². The lowest BCUT2D eigenvalue weighted by Gasteiger charge is -2.02. The van der Waals surface area contributed by atoms with Crippen LogP contribution in [0.15, 0.2) is 21.7 Å². The van der Waals surface area contributed by atoms with E-state index in [1.807, 2.05) is 0 Å². The van der Waals surface area contributed by atoms with Crippen LogP contribution in [0.4, 0.5) is 5.69 Å². The Labute approximate surface area is 152 Å². The van der Waals surface area contributed by atoms with Gasteiger partial charge < -0.3 is 10.2 Å². The van der Waals surface area contributed by atoms with E-state index in [1.165, 1.54) is 6.07 Å². The van der Waals surface area contributed by atoms with Crippen LogP contribution in [0, 0.1) is 10.1 Å². The Kier molecular flexibility index (Phi) is 8.54. The second-order valence-electron chi connectivity index (χ2n) is 5.22. The van der Waals surface area contributed by atoms with Crippen LogP contribution in [0.25, 0.3) is 0 Å². The number of nitro groups is 1. The van der Waals surface area contributed by atoms with Gasteiger partial charge in [-0.25, -0.2) is 5.43 Å². The van der Waals surface area contributed by atoms with Gasteiger partial charge in [0.25, 0.3) is 0 Å². The number of unbranched alkanes of at least 4 members (excludes halogenated alkanes) is 3. The van der Waals surface area contributed by atoms with Gasteiger partial charge >= 0.3 is 11.7 Å². The van der Waals surface area contributed by atoms with Crippen molar-refractivity contribution in [1.29, 1.82) is 0 Å². The maximum Gasteiger partial charge on any atom is 0.312 e. The van der Waals surface area contributed by atoms with E-state index in [4.69, 9.17) is 5.11 Å². The first kappa shape index (κ1) is 20.6. The van der Waals surface area contributed by atoms with E-state index in [1.54, 1.807) is 0 Å². The van der Waals surface area contributed by atoms with Crippen LogP contribution >= 0.6 is 15.9 Å². The van der Waals surface area contributed by atoms with E-state index in [0.29, 0.717) is 17.3 Å². The molecule has 0 radical (unpaired) electrons. The first-order chi connectivity index (χ1) is 11.8. The average Bonchev–Trinajstić information content (AvgIpc) is 2.53. The minimum absolute atomic E-state index is 0.0926. The fraction of sp³-hybridized carbons (Fsp3) is 0.400. The number of carbonyl (C=O) groups excluding carboxylic acids is 1. The average molecular weight is 416 g/mol. The standard InChI is InChI=1S/C15H18BrN3O6/c16-11-7-10(15(23)12(8-11)19(24)25)9-17-18-13(20)5-3-1-2-4-6-14(21)22/h7-9,23H,1-6H2,(H,18,20)(H,21,22)/b17-9+. The Morgan fingerprint density at radius 2 is 1.88 bits per heavy atom. The molecule has 3 N–H and O–H groups in total. The summed E-state index contributed by atoms with van der Waals surface area (Å²) in [6, 6.07) is 2.59. The number of rotatable bonds is 10. The van der Waals surface area contributed by atoms with Gasteiger partial charge in [-0.1, -0.05) is 28.8 Å². The summed E-state index contributed by atoms with van der Waals surface area (Å²) in [6.07, 6.45) is 4.14. The highest BCUT2D eigenvalue weighted by molar-refractivity contribution is 9.10. The lowest BCUT2D eigenvalue weighted by Crippen LogP contribution is -2.16. The topological polar surface area (TPSA) is 142 Å². The summed E-state index contributed by atoms with van der Waals surface area (Å²) in [5.74, 6) is -1.70. The molecule has 0 bridgehead atoms. The van der Waals surface area contributed by atoms with Crippen molar-refractivity contribution in [3.8, 4) is 5.75 Å². The van der Waals surface area contributed by atoms with Crippen molar-refractivity contribution in [2.45, 2.75) is 38.5 Å². The predicted molar refractivity (Wildman–Crippen MR) is 93.5 cm³/mol. The third kappa shape index (κ3) is 7.75. The fourth-order valence-electron chi connectivity index (χ4n) is 1.99. The Bertz CT molecular complexity index is 677. The number of hydrogen-bond donors (Lipinski definition) is 3. The van der Waals surface area contributed by atoms with Crippen LogP contribution in [0.3, 0.4) is 0 Å². The third-order valence-corrected chi connectivity index (χ3v) is 3.68. The van der Waals surface area contributed by atoms with Gasteiger partial charge in [-0.15, -0.1) is 0 Å². The molecule has 136 valence electrons. The van der Waals surface area contributed by atoms with Crippen molar-refractivity contribution in [2.24, 2.45) is 5.10 Å². The van der Waals surface area contributed by atoms with Crippen LogP contribution in [-0.2, 0) is 9.59 Å². The van der Waals surface area contributed by atoms with Crippen molar-refractivity contribution in [3.63, 3.8) is 0 Å². The normalized spacial score (nSPS) is 10.8. The van der Waals surface area contributed by atoms with E-state index in [-0.39, 0.29) is 24.3 Å². The Morgan fingerprint density at radius 1 is 1.24 bits per heavy atom. The second kappa shape index (κ2) is 10.4. The number of nitrogens with zero attached hydrogens (tertiary/aromatic N) is 2. The molecule has 0 spiro atoms. The van der Waals surface area contributed by atoms with Gasteiger partial charge in [0.15, 0.2) is 0 Å². The number of carboxylic acid groups (broad SMARTS) is 1. The molecule has 10 heteroatoms. The number of aromatic hydroxyl groups is 1.